The van der Waals surface area contributed by atoms with Crippen molar-refractivity contribution < 1.29 is 14.3 Å². The molecule has 1 aliphatic heterocycles. The summed E-state index contributed by atoms with van der Waals surface area (Å²) < 4.78 is 11.4. The zero-order valence-electron chi connectivity index (χ0n) is 17.6. The lowest BCUT2D eigenvalue weighted by Crippen LogP contribution is -2.25. The number of fused-ring (bicyclic) bond motifs is 1. The summed E-state index contributed by atoms with van der Waals surface area (Å²) in [5, 5.41) is 7.80. The zero-order valence-corrected chi connectivity index (χ0v) is 17.6. The highest BCUT2D eigenvalue weighted by molar-refractivity contribution is 6.01. The largest absolute Gasteiger partial charge is 0.490 e. The first-order valence-electron chi connectivity index (χ1n) is 10.3. The van der Waals surface area contributed by atoms with Crippen LogP contribution in [0.5, 0.6) is 11.5 Å². The third-order valence-corrected chi connectivity index (χ3v) is 5.50. The molecule has 2 aromatic rings. The van der Waals surface area contributed by atoms with Crippen LogP contribution in [-0.4, -0.2) is 38.0 Å². The van der Waals surface area contributed by atoms with Gasteiger partial charge in [-0.25, -0.2) is 0 Å². The maximum Gasteiger partial charge on any atom is 0.225 e. The first kappa shape index (κ1) is 19.6. The van der Waals surface area contributed by atoms with Gasteiger partial charge in [0, 0.05) is 17.2 Å². The minimum Gasteiger partial charge on any atom is -0.490 e. The average molecular weight is 396 g/mol. The van der Waals surface area contributed by atoms with Crippen molar-refractivity contribution in [3.05, 3.63) is 58.7 Å². The summed E-state index contributed by atoms with van der Waals surface area (Å²) in [6, 6.07) is 12.8. The van der Waals surface area contributed by atoms with E-state index in [0.29, 0.717) is 19.3 Å². The monoisotopic (exact) mass is 395 g/mol. The Morgan fingerprint density at radius 1 is 1.10 bits per heavy atom. The average Bonchev–Trinajstić information content (AvgIpc) is 3.37. The van der Waals surface area contributed by atoms with Crippen molar-refractivity contribution >= 4 is 5.84 Å². The molecule has 0 fully saturated rings. The number of rotatable bonds is 7. The first-order chi connectivity index (χ1) is 14.1. The molecule has 0 saturated heterocycles. The molecular weight excluding hydrogens is 366 g/mol. The maximum atomic E-state index is 5.75. The summed E-state index contributed by atoms with van der Waals surface area (Å²) in [5.74, 6) is 2.26. The minimum absolute atomic E-state index is 0.346. The SMILES string of the molecule is CCOc1ccc(C2NC(c3cccc4c3CCC4N(C)C)=NO2)cc1OCC. The van der Waals surface area contributed by atoms with Crippen LogP contribution in [0.25, 0.3) is 0 Å². The van der Waals surface area contributed by atoms with E-state index in [9.17, 15) is 0 Å². The fraction of sp³-hybridized carbons (Fsp3) is 0.435. The molecular formula is C23H29N3O3. The number of hydrogen-bond donors (Lipinski definition) is 1. The lowest BCUT2D eigenvalue weighted by Gasteiger charge is -2.20. The van der Waals surface area contributed by atoms with E-state index in [-0.39, 0.29) is 6.23 Å². The molecule has 0 bridgehead atoms. The van der Waals surface area contributed by atoms with Gasteiger partial charge in [0.15, 0.2) is 17.3 Å². The molecule has 2 atom stereocenters. The van der Waals surface area contributed by atoms with Crippen LogP contribution in [0.3, 0.4) is 0 Å². The van der Waals surface area contributed by atoms with E-state index in [4.69, 9.17) is 14.3 Å². The number of hydrogen-bond acceptors (Lipinski definition) is 6. The van der Waals surface area contributed by atoms with Gasteiger partial charge in [-0.05, 0) is 70.1 Å². The van der Waals surface area contributed by atoms with Crippen LogP contribution in [0.1, 0.15) is 54.8 Å². The Bertz CT molecular complexity index is 910. The van der Waals surface area contributed by atoms with Gasteiger partial charge in [-0.1, -0.05) is 23.4 Å². The van der Waals surface area contributed by atoms with Gasteiger partial charge in [0.05, 0.1) is 13.2 Å². The van der Waals surface area contributed by atoms with E-state index in [1.165, 1.54) is 11.1 Å². The smallest absolute Gasteiger partial charge is 0.225 e. The molecule has 4 rings (SSSR count). The third-order valence-electron chi connectivity index (χ3n) is 5.50. The molecule has 1 heterocycles. The van der Waals surface area contributed by atoms with Crippen LogP contribution >= 0.6 is 0 Å². The number of ether oxygens (including phenoxy) is 2. The highest BCUT2D eigenvalue weighted by atomic mass is 16.7. The predicted molar refractivity (Wildman–Crippen MR) is 113 cm³/mol. The van der Waals surface area contributed by atoms with Crippen molar-refractivity contribution in [1.82, 2.24) is 10.2 Å². The first-order valence-corrected chi connectivity index (χ1v) is 10.3. The fourth-order valence-electron chi connectivity index (χ4n) is 4.17. The van der Waals surface area contributed by atoms with E-state index < -0.39 is 0 Å². The summed E-state index contributed by atoms with van der Waals surface area (Å²) >= 11 is 0. The van der Waals surface area contributed by atoms with E-state index in [1.54, 1.807) is 0 Å². The lowest BCUT2D eigenvalue weighted by atomic mass is 10.0. The van der Waals surface area contributed by atoms with Crippen LogP contribution in [0.2, 0.25) is 0 Å². The van der Waals surface area contributed by atoms with Crippen molar-refractivity contribution in [2.45, 2.75) is 39.0 Å². The maximum absolute atomic E-state index is 5.75. The molecule has 6 nitrogen and oxygen atoms in total. The Morgan fingerprint density at radius 3 is 2.66 bits per heavy atom. The van der Waals surface area contributed by atoms with Gasteiger partial charge in [0.25, 0.3) is 0 Å². The van der Waals surface area contributed by atoms with E-state index in [0.717, 1.165) is 41.3 Å². The number of amidine groups is 1. The molecule has 2 unspecified atom stereocenters. The molecule has 1 N–H and O–H groups in total. The molecule has 0 saturated carbocycles. The van der Waals surface area contributed by atoms with E-state index >= 15 is 0 Å². The zero-order chi connectivity index (χ0) is 20.4. The van der Waals surface area contributed by atoms with E-state index in [1.807, 2.05) is 32.0 Å². The summed E-state index contributed by atoms with van der Waals surface area (Å²) in [6.07, 6.45) is 1.84. The summed E-state index contributed by atoms with van der Waals surface area (Å²) in [6.45, 7) is 5.10. The van der Waals surface area contributed by atoms with Gasteiger partial charge in [-0.3, -0.25) is 0 Å². The Kier molecular flexibility index (Phi) is 5.62. The van der Waals surface area contributed by atoms with Gasteiger partial charge >= 0.3 is 0 Å². The van der Waals surface area contributed by atoms with Gasteiger partial charge in [-0.15, -0.1) is 0 Å². The second-order valence-electron chi connectivity index (χ2n) is 7.53. The second-order valence-corrected chi connectivity index (χ2v) is 7.53. The lowest BCUT2D eigenvalue weighted by molar-refractivity contribution is 0.0726. The molecule has 2 aliphatic rings. The summed E-state index contributed by atoms with van der Waals surface area (Å²) in [4.78, 5) is 8.03. The summed E-state index contributed by atoms with van der Waals surface area (Å²) in [5.41, 5.74) is 4.84. The molecule has 6 heteroatoms. The molecule has 2 aromatic carbocycles. The van der Waals surface area contributed by atoms with Gasteiger partial charge in [-0.2, -0.15) is 0 Å². The Morgan fingerprint density at radius 2 is 1.90 bits per heavy atom. The molecule has 0 amide bonds. The fourth-order valence-corrected chi connectivity index (χ4v) is 4.17. The number of nitrogens with zero attached hydrogens (tertiary/aromatic N) is 2. The second kappa shape index (κ2) is 8.33. The van der Waals surface area contributed by atoms with Crippen LogP contribution < -0.4 is 14.8 Å². The predicted octanol–water partition coefficient (Wildman–Crippen LogP) is 4.01. The molecule has 1 aliphatic carbocycles. The molecule has 154 valence electrons. The molecule has 0 radical (unpaired) electrons. The minimum atomic E-state index is -0.346. The molecule has 0 spiro atoms. The van der Waals surface area contributed by atoms with Crippen molar-refractivity contribution in [2.75, 3.05) is 27.3 Å². The van der Waals surface area contributed by atoms with Crippen LogP contribution in [-0.2, 0) is 11.3 Å². The van der Waals surface area contributed by atoms with Crippen molar-refractivity contribution in [3.63, 3.8) is 0 Å². The Balaban J connectivity index is 1.55. The van der Waals surface area contributed by atoms with Crippen molar-refractivity contribution in [3.8, 4) is 11.5 Å². The Hall–Kier alpha value is -2.73. The van der Waals surface area contributed by atoms with Crippen molar-refractivity contribution in [1.29, 1.82) is 0 Å². The highest BCUT2D eigenvalue weighted by Crippen LogP contribution is 2.37. The quantitative estimate of drug-likeness (QED) is 0.768. The van der Waals surface area contributed by atoms with Crippen LogP contribution in [0, 0.1) is 0 Å². The van der Waals surface area contributed by atoms with Crippen molar-refractivity contribution in [2.24, 2.45) is 5.16 Å². The topological polar surface area (TPSA) is 55.3 Å². The standard InChI is InChI=1S/C23H29N3O3/c1-5-27-20-13-10-15(14-21(20)28-6-2)23-24-22(25-29-23)18-9-7-8-17-16(18)11-12-19(17)26(3)4/h7-10,13-14,19,23H,5-6,11-12H2,1-4H3,(H,24,25). The molecule has 29 heavy (non-hydrogen) atoms. The number of nitrogens with one attached hydrogen (secondary N) is 1. The number of oxime groups is 1. The van der Waals surface area contributed by atoms with Gasteiger partial charge < -0.3 is 24.5 Å². The highest BCUT2D eigenvalue weighted by Gasteiger charge is 2.30. The van der Waals surface area contributed by atoms with Gasteiger partial charge in [0.2, 0.25) is 6.23 Å². The Labute approximate surface area is 172 Å². The van der Waals surface area contributed by atoms with E-state index in [2.05, 4.69) is 47.7 Å². The normalized spacial score (nSPS) is 20.1. The molecule has 0 aromatic heterocycles. The third kappa shape index (κ3) is 3.77. The number of benzene rings is 2. The summed E-state index contributed by atoms with van der Waals surface area (Å²) in [7, 11) is 4.28. The van der Waals surface area contributed by atoms with Crippen LogP contribution in [0.4, 0.5) is 0 Å². The van der Waals surface area contributed by atoms with Crippen LogP contribution in [0.15, 0.2) is 41.6 Å². The van der Waals surface area contributed by atoms with Gasteiger partial charge in [0.1, 0.15) is 0 Å².